The summed E-state index contributed by atoms with van der Waals surface area (Å²) in [4.78, 5) is 26.7. The van der Waals surface area contributed by atoms with E-state index in [-0.39, 0.29) is 18.4 Å². The lowest BCUT2D eigenvalue weighted by atomic mass is 9.84. The highest BCUT2D eigenvalue weighted by Crippen LogP contribution is 2.33. The first-order valence-electron chi connectivity index (χ1n) is 7.34. The summed E-state index contributed by atoms with van der Waals surface area (Å²) in [5.74, 6) is -0.434. The Kier molecular flexibility index (Phi) is 4.60. The zero-order chi connectivity index (χ0) is 15.5. The third-order valence-electron chi connectivity index (χ3n) is 4.34. The van der Waals surface area contributed by atoms with Crippen LogP contribution in [-0.4, -0.2) is 35.5 Å². The van der Waals surface area contributed by atoms with Crippen LogP contribution in [0.15, 0.2) is 30.3 Å². The molecule has 1 aliphatic heterocycles. The summed E-state index contributed by atoms with van der Waals surface area (Å²) in [6.07, 6.45) is 0.950. The molecule has 1 fully saturated rings. The van der Waals surface area contributed by atoms with Gasteiger partial charge in [0.1, 0.15) is 18.3 Å². The van der Waals surface area contributed by atoms with Gasteiger partial charge in [0.15, 0.2) is 0 Å². The molecule has 0 radical (unpaired) electrons. The van der Waals surface area contributed by atoms with E-state index in [4.69, 9.17) is 0 Å². The minimum Gasteiger partial charge on any atom is -0.338 e. The Morgan fingerprint density at radius 2 is 1.81 bits per heavy atom. The second-order valence-corrected chi connectivity index (χ2v) is 5.23. The second kappa shape index (κ2) is 6.24. The van der Waals surface area contributed by atoms with Gasteiger partial charge < -0.3 is 10.2 Å². The lowest BCUT2D eigenvalue weighted by molar-refractivity contribution is -0.158. The molecule has 21 heavy (non-hydrogen) atoms. The Bertz CT molecular complexity index is 514. The number of rotatable bonds is 5. The predicted octanol–water partition coefficient (Wildman–Crippen LogP) is 2.21. The Balaban J connectivity index is 2.40. The van der Waals surface area contributed by atoms with Gasteiger partial charge in [-0.3, -0.25) is 9.59 Å². The number of benzene rings is 1. The van der Waals surface area contributed by atoms with E-state index in [2.05, 4.69) is 5.32 Å². The van der Waals surface area contributed by atoms with Gasteiger partial charge in [0.05, 0.1) is 6.54 Å². The third kappa shape index (κ3) is 2.52. The molecule has 0 saturated carbocycles. The van der Waals surface area contributed by atoms with E-state index in [0.29, 0.717) is 12.8 Å². The van der Waals surface area contributed by atoms with Crippen molar-refractivity contribution in [2.45, 2.75) is 38.3 Å². The Morgan fingerprint density at radius 3 is 2.33 bits per heavy atom. The number of nitrogens with zero attached hydrogens (tertiary/aromatic N) is 1. The average Bonchev–Trinajstić information content (AvgIpc) is 2.52. The molecule has 1 N–H and O–H groups in total. The van der Waals surface area contributed by atoms with Crippen molar-refractivity contribution in [2.75, 3.05) is 13.2 Å². The van der Waals surface area contributed by atoms with E-state index in [1.165, 1.54) is 4.90 Å². The van der Waals surface area contributed by atoms with Crippen molar-refractivity contribution < 1.29 is 14.0 Å². The van der Waals surface area contributed by atoms with Crippen molar-refractivity contribution in [3.63, 3.8) is 0 Å². The normalized spacial score (nSPS) is 21.3. The molecule has 1 aromatic carbocycles. The maximum absolute atomic E-state index is 12.9. The van der Waals surface area contributed by atoms with Crippen molar-refractivity contribution >= 4 is 11.8 Å². The van der Waals surface area contributed by atoms with Gasteiger partial charge in [-0.15, -0.1) is 0 Å². The molecular weight excluding hydrogens is 271 g/mol. The van der Waals surface area contributed by atoms with Gasteiger partial charge in [-0.25, -0.2) is 4.39 Å². The molecule has 4 nitrogen and oxygen atoms in total. The summed E-state index contributed by atoms with van der Waals surface area (Å²) >= 11 is 0. The van der Waals surface area contributed by atoms with Crippen molar-refractivity contribution in [1.82, 2.24) is 10.2 Å². The number of carbonyl (C=O) groups excluding carboxylic acids is 2. The number of hydrogen-bond donors (Lipinski definition) is 1. The van der Waals surface area contributed by atoms with Gasteiger partial charge in [0.25, 0.3) is 5.91 Å². The van der Waals surface area contributed by atoms with Gasteiger partial charge in [0.2, 0.25) is 5.91 Å². The SMILES string of the molecule is CCC1(CC)C(=O)NC(c2ccccc2)C(=O)N1CCF. The highest BCUT2D eigenvalue weighted by atomic mass is 19.1. The summed E-state index contributed by atoms with van der Waals surface area (Å²) in [6, 6.07) is 8.34. The van der Waals surface area contributed by atoms with Crippen molar-refractivity contribution in [1.29, 1.82) is 0 Å². The average molecular weight is 292 g/mol. The summed E-state index contributed by atoms with van der Waals surface area (Å²) in [5, 5.41) is 2.81. The minimum atomic E-state index is -0.936. The molecule has 1 atom stereocenters. The first-order chi connectivity index (χ1) is 10.1. The lowest BCUT2D eigenvalue weighted by Crippen LogP contribution is -2.67. The van der Waals surface area contributed by atoms with Crippen LogP contribution in [0, 0.1) is 0 Å². The van der Waals surface area contributed by atoms with Gasteiger partial charge in [-0.2, -0.15) is 0 Å². The number of alkyl halides is 1. The largest absolute Gasteiger partial charge is 0.338 e. The monoisotopic (exact) mass is 292 g/mol. The molecule has 1 aliphatic rings. The molecular formula is C16H21FN2O2. The summed E-state index contributed by atoms with van der Waals surface area (Å²) in [6.45, 7) is 3.01. The topological polar surface area (TPSA) is 49.4 Å². The number of halogens is 1. The van der Waals surface area contributed by atoms with Gasteiger partial charge in [-0.05, 0) is 18.4 Å². The zero-order valence-corrected chi connectivity index (χ0v) is 12.4. The fraction of sp³-hybridized carbons (Fsp3) is 0.500. The van der Waals surface area contributed by atoms with Crippen molar-refractivity contribution in [3.05, 3.63) is 35.9 Å². The van der Waals surface area contributed by atoms with E-state index in [9.17, 15) is 14.0 Å². The Hall–Kier alpha value is -1.91. The van der Waals surface area contributed by atoms with Crippen LogP contribution in [0.3, 0.4) is 0 Å². The Morgan fingerprint density at radius 1 is 1.19 bits per heavy atom. The molecule has 0 aromatic heterocycles. The molecule has 2 rings (SSSR count). The summed E-state index contributed by atoms with van der Waals surface area (Å²) in [5.41, 5.74) is -0.213. The van der Waals surface area contributed by atoms with Crippen molar-refractivity contribution in [2.24, 2.45) is 0 Å². The molecule has 1 heterocycles. The quantitative estimate of drug-likeness (QED) is 0.904. The van der Waals surface area contributed by atoms with Crippen LogP contribution in [0.1, 0.15) is 38.3 Å². The highest BCUT2D eigenvalue weighted by Gasteiger charge is 2.50. The Labute approximate surface area is 124 Å². The van der Waals surface area contributed by atoms with Crippen LogP contribution in [0.4, 0.5) is 4.39 Å². The standard InChI is InChI=1S/C16H21FN2O2/c1-3-16(4-2)15(21)18-13(12-8-6-5-7-9-12)14(20)19(16)11-10-17/h5-9,13H,3-4,10-11H2,1-2H3,(H,18,21). The highest BCUT2D eigenvalue weighted by molar-refractivity contribution is 6.00. The van der Waals surface area contributed by atoms with Crippen LogP contribution in [0.25, 0.3) is 0 Å². The van der Waals surface area contributed by atoms with Crippen molar-refractivity contribution in [3.8, 4) is 0 Å². The molecule has 114 valence electrons. The zero-order valence-electron chi connectivity index (χ0n) is 12.4. The van der Waals surface area contributed by atoms with Gasteiger partial charge in [-0.1, -0.05) is 44.2 Å². The smallest absolute Gasteiger partial charge is 0.250 e. The first-order valence-corrected chi connectivity index (χ1v) is 7.34. The predicted molar refractivity (Wildman–Crippen MR) is 78.3 cm³/mol. The molecule has 1 aromatic rings. The summed E-state index contributed by atoms with van der Waals surface area (Å²) < 4.78 is 12.9. The van der Waals surface area contributed by atoms with E-state index in [0.717, 1.165) is 5.56 Å². The van der Waals surface area contributed by atoms with Crippen LogP contribution in [0.5, 0.6) is 0 Å². The molecule has 2 amide bonds. The number of carbonyl (C=O) groups is 2. The van der Waals surface area contributed by atoms with E-state index < -0.39 is 18.3 Å². The van der Waals surface area contributed by atoms with E-state index in [1.54, 1.807) is 12.1 Å². The first kappa shape index (κ1) is 15.5. The number of nitrogens with one attached hydrogen (secondary N) is 1. The number of piperazine rings is 1. The molecule has 0 spiro atoms. The fourth-order valence-electron chi connectivity index (χ4n) is 3.05. The van der Waals surface area contributed by atoms with Crippen LogP contribution in [-0.2, 0) is 9.59 Å². The maximum atomic E-state index is 12.9. The third-order valence-corrected chi connectivity index (χ3v) is 4.34. The molecule has 1 unspecified atom stereocenters. The number of amides is 2. The maximum Gasteiger partial charge on any atom is 0.250 e. The second-order valence-electron chi connectivity index (χ2n) is 5.23. The molecule has 1 saturated heterocycles. The molecule has 5 heteroatoms. The lowest BCUT2D eigenvalue weighted by Gasteiger charge is -2.47. The summed E-state index contributed by atoms with van der Waals surface area (Å²) in [7, 11) is 0. The minimum absolute atomic E-state index is 0.0444. The van der Waals surface area contributed by atoms with Gasteiger partial charge >= 0.3 is 0 Å². The van der Waals surface area contributed by atoms with Crippen LogP contribution >= 0.6 is 0 Å². The van der Waals surface area contributed by atoms with E-state index >= 15 is 0 Å². The van der Waals surface area contributed by atoms with Crippen LogP contribution < -0.4 is 5.32 Å². The van der Waals surface area contributed by atoms with E-state index in [1.807, 2.05) is 32.0 Å². The number of hydrogen-bond acceptors (Lipinski definition) is 2. The molecule has 0 aliphatic carbocycles. The van der Waals surface area contributed by atoms with Gasteiger partial charge in [0, 0.05) is 0 Å². The molecule has 0 bridgehead atoms. The fourth-order valence-corrected chi connectivity index (χ4v) is 3.05. The van der Waals surface area contributed by atoms with Crippen LogP contribution in [0.2, 0.25) is 0 Å².